The van der Waals surface area contributed by atoms with Crippen molar-refractivity contribution in [2.45, 2.75) is 5.75 Å². The Balaban J connectivity index is 2.20. The van der Waals surface area contributed by atoms with Gasteiger partial charge in [0.05, 0.1) is 4.92 Å². The summed E-state index contributed by atoms with van der Waals surface area (Å²) in [6, 6.07) is 13.1. The Labute approximate surface area is 126 Å². The Bertz CT molecular complexity index is 801. The summed E-state index contributed by atoms with van der Waals surface area (Å²) in [5, 5.41) is 10.8. The predicted molar refractivity (Wildman–Crippen MR) is 77.6 cm³/mol. The van der Waals surface area contributed by atoms with Gasteiger partial charge in [-0.05, 0) is 11.6 Å². The van der Waals surface area contributed by atoms with Gasteiger partial charge >= 0.3 is 16.1 Å². The van der Waals surface area contributed by atoms with Crippen molar-refractivity contribution in [3.63, 3.8) is 0 Å². The molecule has 0 radical (unpaired) electrons. The molecule has 0 aliphatic rings. The lowest BCUT2D eigenvalue weighted by Crippen LogP contribution is -2.16. The van der Waals surface area contributed by atoms with E-state index >= 15 is 0 Å². The van der Waals surface area contributed by atoms with Crippen molar-refractivity contribution in [2.24, 2.45) is 0 Å². The van der Waals surface area contributed by atoms with Crippen LogP contribution in [-0.2, 0) is 20.1 Å². The van der Waals surface area contributed by atoms with Crippen LogP contribution in [0.15, 0.2) is 54.6 Å². The molecule has 0 aliphatic heterocycles. The lowest BCUT2D eigenvalue weighted by atomic mass is 10.2. The van der Waals surface area contributed by atoms with Crippen molar-refractivity contribution >= 4 is 21.8 Å². The Morgan fingerprint density at radius 2 is 1.64 bits per heavy atom. The monoisotopic (exact) mass is 321 g/mol. The number of nitro groups is 1. The molecule has 0 unspecified atom stereocenters. The molecule has 0 atom stereocenters. The van der Waals surface area contributed by atoms with Gasteiger partial charge in [-0.3, -0.25) is 10.1 Å². The van der Waals surface area contributed by atoms with Gasteiger partial charge in [0.15, 0.2) is 0 Å². The molecule has 8 heteroatoms. The number of nitro benzene ring substituents is 1. The zero-order chi connectivity index (χ0) is 16.2. The van der Waals surface area contributed by atoms with Gasteiger partial charge in [0.1, 0.15) is 11.3 Å². The molecule has 2 aromatic rings. The summed E-state index contributed by atoms with van der Waals surface area (Å²) in [4.78, 5) is 21.9. The number of para-hydroxylation sites is 1. The Morgan fingerprint density at radius 3 is 2.27 bits per heavy atom. The van der Waals surface area contributed by atoms with E-state index in [1.165, 1.54) is 12.1 Å². The van der Waals surface area contributed by atoms with E-state index in [0.717, 1.165) is 12.1 Å². The number of hydrogen-bond acceptors (Lipinski definition) is 6. The summed E-state index contributed by atoms with van der Waals surface area (Å²) in [7, 11) is -4.20. The van der Waals surface area contributed by atoms with Gasteiger partial charge < -0.3 is 4.18 Å². The summed E-state index contributed by atoms with van der Waals surface area (Å²) >= 11 is 0. The van der Waals surface area contributed by atoms with Crippen LogP contribution >= 0.6 is 0 Å². The summed E-state index contributed by atoms with van der Waals surface area (Å²) < 4.78 is 28.2. The fraction of sp³-hybridized carbons (Fsp3) is 0.0714. The van der Waals surface area contributed by atoms with Gasteiger partial charge in [0, 0.05) is 6.07 Å². The lowest BCUT2D eigenvalue weighted by molar-refractivity contribution is -0.385. The molecule has 0 bridgehead atoms. The van der Waals surface area contributed by atoms with E-state index in [4.69, 9.17) is 0 Å². The number of nitrogens with zero attached hydrogens (tertiary/aromatic N) is 1. The fourth-order valence-corrected chi connectivity index (χ4v) is 2.75. The minimum absolute atomic E-state index is 0.413. The standard InChI is InChI=1S/C14H11NO6S/c16-14(12-8-4-5-9-13(12)15(17)18)21-22(19,20)10-11-6-2-1-3-7-11/h1-9H,10H2. The molecule has 0 aliphatic carbocycles. The highest BCUT2D eigenvalue weighted by Gasteiger charge is 2.25. The molecule has 0 saturated heterocycles. The SMILES string of the molecule is O=C(OS(=O)(=O)Cc1ccccc1)c1ccccc1[N+](=O)[O-]. The largest absolute Gasteiger partial charge is 0.360 e. The highest BCUT2D eigenvalue weighted by atomic mass is 32.2. The number of carbonyl (C=O) groups excluding carboxylic acids is 1. The van der Waals surface area contributed by atoms with Crippen LogP contribution in [-0.4, -0.2) is 19.3 Å². The second-order valence-electron chi connectivity index (χ2n) is 4.33. The van der Waals surface area contributed by atoms with Gasteiger partial charge in [-0.2, -0.15) is 8.42 Å². The second-order valence-corrected chi connectivity index (χ2v) is 5.90. The maximum atomic E-state index is 11.9. The van der Waals surface area contributed by atoms with Crippen LogP contribution in [0.5, 0.6) is 0 Å². The van der Waals surface area contributed by atoms with Crippen LogP contribution in [0.2, 0.25) is 0 Å². The molecule has 114 valence electrons. The summed E-state index contributed by atoms with van der Waals surface area (Å²) in [5.74, 6) is -1.77. The average Bonchev–Trinajstić information content (AvgIpc) is 2.47. The second kappa shape index (κ2) is 6.35. The average molecular weight is 321 g/mol. The molecule has 0 fully saturated rings. The van der Waals surface area contributed by atoms with E-state index < -0.39 is 38.0 Å². The third-order valence-corrected chi connectivity index (χ3v) is 3.80. The van der Waals surface area contributed by atoms with E-state index in [2.05, 4.69) is 4.18 Å². The summed E-state index contributed by atoms with van der Waals surface area (Å²) in [6.07, 6.45) is 0. The first-order chi connectivity index (χ1) is 10.4. The molecule has 2 aromatic carbocycles. The van der Waals surface area contributed by atoms with E-state index in [1.807, 2.05) is 0 Å². The normalized spacial score (nSPS) is 10.9. The smallest absolute Gasteiger partial charge is 0.341 e. The topological polar surface area (TPSA) is 104 Å². The molecule has 2 rings (SSSR count). The molecule has 0 spiro atoms. The summed E-state index contributed by atoms with van der Waals surface area (Å²) in [6.45, 7) is 0. The highest BCUT2D eigenvalue weighted by Crippen LogP contribution is 2.20. The highest BCUT2D eigenvalue weighted by molar-refractivity contribution is 7.86. The van der Waals surface area contributed by atoms with Crippen LogP contribution in [0.3, 0.4) is 0 Å². The maximum Gasteiger partial charge on any atom is 0.360 e. The molecule has 0 N–H and O–H groups in total. The molecule has 0 heterocycles. The first-order valence-corrected chi connectivity index (χ1v) is 7.70. The third-order valence-electron chi connectivity index (χ3n) is 2.71. The van der Waals surface area contributed by atoms with Crippen molar-refractivity contribution in [2.75, 3.05) is 0 Å². The van der Waals surface area contributed by atoms with Crippen LogP contribution in [0.25, 0.3) is 0 Å². The molecule has 0 aromatic heterocycles. The lowest BCUT2D eigenvalue weighted by Gasteiger charge is -2.06. The predicted octanol–water partition coefficient (Wildman–Crippen LogP) is 2.28. The van der Waals surface area contributed by atoms with E-state index in [1.54, 1.807) is 30.3 Å². The van der Waals surface area contributed by atoms with Crippen molar-refractivity contribution < 1.29 is 22.3 Å². The Kier molecular flexibility index (Phi) is 4.52. The van der Waals surface area contributed by atoms with Gasteiger partial charge in [-0.25, -0.2) is 4.79 Å². The Hall–Kier alpha value is -2.74. The van der Waals surface area contributed by atoms with Gasteiger partial charge in [-0.15, -0.1) is 0 Å². The zero-order valence-corrected chi connectivity index (χ0v) is 12.0. The van der Waals surface area contributed by atoms with E-state index in [9.17, 15) is 23.3 Å². The van der Waals surface area contributed by atoms with Crippen LogP contribution in [0.4, 0.5) is 5.69 Å². The quantitative estimate of drug-likeness (QED) is 0.475. The van der Waals surface area contributed by atoms with Crippen LogP contribution in [0, 0.1) is 10.1 Å². The number of benzene rings is 2. The first-order valence-electron chi connectivity index (χ1n) is 6.13. The van der Waals surface area contributed by atoms with Crippen LogP contribution in [0.1, 0.15) is 15.9 Å². The minimum Gasteiger partial charge on any atom is -0.341 e. The molecule has 0 amide bonds. The fourth-order valence-electron chi connectivity index (χ4n) is 1.77. The number of carbonyl (C=O) groups is 1. The number of hydrogen-bond donors (Lipinski definition) is 0. The first kappa shape index (κ1) is 15.6. The molecule has 22 heavy (non-hydrogen) atoms. The Morgan fingerprint density at radius 1 is 1.05 bits per heavy atom. The number of rotatable bonds is 5. The van der Waals surface area contributed by atoms with Crippen molar-refractivity contribution in [1.82, 2.24) is 0 Å². The minimum atomic E-state index is -4.20. The van der Waals surface area contributed by atoms with Gasteiger partial charge in [-0.1, -0.05) is 42.5 Å². The third kappa shape index (κ3) is 3.89. The van der Waals surface area contributed by atoms with Crippen LogP contribution < -0.4 is 0 Å². The van der Waals surface area contributed by atoms with Gasteiger partial charge in [0.25, 0.3) is 5.69 Å². The molecular formula is C14H11NO6S. The van der Waals surface area contributed by atoms with E-state index in [-0.39, 0.29) is 0 Å². The molecule has 0 saturated carbocycles. The van der Waals surface area contributed by atoms with E-state index in [0.29, 0.717) is 5.56 Å². The molecular weight excluding hydrogens is 310 g/mol. The molecule has 7 nitrogen and oxygen atoms in total. The van der Waals surface area contributed by atoms with Gasteiger partial charge in [0.2, 0.25) is 0 Å². The van der Waals surface area contributed by atoms with Crippen molar-refractivity contribution in [3.8, 4) is 0 Å². The maximum absolute atomic E-state index is 11.9. The van der Waals surface area contributed by atoms with Crippen molar-refractivity contribution in [1.29, 1.82) is 0 Å². The van der Waals surface area contributed by atoms with Crippen molar-refractivity contribution in [3.05, 3.63) is 75.8 Å². The zero-order valence-electron chi connectivity index (χ0n) is 11.2. The summed E-state index contributed by atoms with van der Waals surface area (Å²) in [5.41, 5.74) is -0.482.